The molecule has 29 heavy (non-hydrogen) atoms. The molecule has 0 saturated heterocycles. The van der Waals surface area contributed by atoms with Crippen LogP contribution in [0.4, 0.5) is 5.69 Å². The van der Waals surface area contributed by atoms with Crippen molar-refractivity contribution < 1.29 is 18.7 Å². The number of nitrogens with zero attached hydrogens (tertiary/aromatic N) is 2. The van der Waals surface area contributed by atoms with E-state index in [1.165, 1.54) is 11.8 Å². The van der Waals surface area contributed by atoms with Gasteiger partial charge in [0.1, 0.15) is 0 Å². The summed E-state index contributed by atoms with van der Waals surface area (Å²) in [5.41, 5.74) is 2.72. The third-order valence-electron chi connectivity index (χ3n) is 4.73. The van der Waals surface area contributed by atoms with E-state index in [2.05, 4.69) is 29.4 Å². The van der Waals surface area contributed by atoms with E-state index in [4.69, 9.17) is 13.9 Å². The third-order valence-corrected chi connectivity index (χ3v) is 5.55. The first-order chi connectivity index (χ1) is 14.1. The number of amides is 1. The lowest BCUT2D eigenvalue weighted by molar-refractivity contribution is -0.113. The number of anilines is 1. The van der Waals surface area contributed by atoms with Crippen molar-refractivity contribution in [2.75, 3.05) is 17.9 Å². The van der Waals surface area contributed by atoms with E-state index in [-0.39, 0.29) is 18.5 Å². The molecule has 1 aliphatic rings. The van der Waals surface area contributed by atoms with Gasteiger partial charge in [-0.2, -0.15) is 0 Å². The molecule has 150 valence electrons. The Bertz CT molecular complexity index is 1020. The Morgan fingerprint density at radius 2 is 2.00 bits per heavy atom. The second-order valence-corrected chi connectivity index (χ2v) is 7.60. The van der Waals surface area contributed by atoms with Gasteiger partial charge in [0.2, 0.25) is 18.6 Å². The molecule has 0 radical (unpaired) electrons. The van der Waals surface area contributed by atoms with Crippen LogP contribution in [0.25, 0.3) is 11.5 Å². The number of carbonyl (C=O) groups excluding carboxylic acids is 1. The molecule has 0 spiro atoms. The summed E-state index contributed by atoms with van der Waals surface area (Å²) >= 11 is 1.20. The molecule has 0 bridgehead atoms. The molecule has 1 N–H and O–H groups in total. The van der Waals surface area contributed by atoms with Gasteiger partial charge in [-0.1, -0.05) is 43.8 Å². The average Bonchev–Trinajstić information content (AvgIpc) is 3.41. The van der Waals surface area contributed by atoms with Crippen LogP contribution in [-0.2, 0) is 4.79 Å². The third kappa shape index (κ3) is 4.37. The number of carbonyl (C=O) groups is 1. The molecular formula is C21H21N3O4S. The second kappa shape index (κ2) is 8.57. The van der Waals surface area contributed by atoms with Gasteiger partial charge >= 0.3 is 0 Å². The summed E-state index contributed by atoms with van der Waals surface area (Å²) in [7, 11) is 0. The molecule has 2 heterocycles. The maximum atomic E-state index is 12.4. The second-order valence-electron chi connectivity index (χ2n) is 6.67. The van der Waals surface area contributed by atoms with Crippen LogP contribution in [0.15, 0.2) is 52.1 Å². The van der Waals surface area contributed by atoms with Gasteiger partial charge < -0.3 is 19.2 Å². The number of rotatable bonds is 7. The van der Waals surface area contributed by atoms with Gasteiger partial charge in [-0.05, 0) is 42.2 Å². The number of hydrogen-bond donors (Lipinski definition) is 1. The fourth-order valence-corrected chi connectivity index (χ4v) is 3.55. The zero-order valence-corrected chi connectivity index (χ0v) is 17.0. The summed E-state index contributed by atoms with van der Waals surface area (Å²) in [5, 5.41) is 11.4. The first kappa shape index (κ1) is 19.3. The van der Waals surface area contributed by atoms with E-state index in [1.54, 1.807) is 12.1 Å². The number of para-hydroxylation sites is 1. The summed E-state index contributed by atoms with van der Waals surface area (Å²) in [4.78, 5) is 12.4. The molecule has 0 unspecified atom stereocenters. The molecule has 3 aromatic rings. The van der Waals surface area contributed by atoms with Crippen molar-refractivity contribution in [3.05, 3.63) is 48.0 Å². The van der Waals surface area contributed by atoms with Crippen molar-refractivity contribution in [3.63, 3.8) is 0 Å². The van der Waals surface area contributed by atoms with Crippen molar-refractivity contribution in [1.29, 1.82) is 0 Å². The number of hydrogen-bond acceptors (Lipinski definition) is 7. The first-order valence-electron chi connectivity index (χ1n) is 9.39. The molecule has 0 aliphatic carbocycles. The SMILES string of the molecule is CC[C@@H](C)c1ccccc1NC(=O)CSc1nnc(-c2ccc3c(c2)OCO3)o1. The Kier molecular flexibility index (Phi) is 5.71. The maximum Gasteiger partial charge on any atom is 0.277 e. The normalized spacial score (nSPS) is 13.3. The molecule has 1 atom stereocenters. The summed E-state index contributed by atoms with van der Waals surface area (Å²) in [6.07, 6.45) is 1.01. The van der Waals surface area contributed by atoms with Crippen molar-refractivity contribution in [2.24, 2.45) is 0 Å². The standard InChI is InChI=1S/C21H21N3O4S/c1-3-13(2)15-6-4-5-7-16(15)22-19(25)11-29-21-24-23-20(28-21)14-8-9-17-18(10-14)27-12-26-17/h4-10,13H,3,11-12H2,1-2H3,(H,22,25)/t13-/m1/s1. The van der Waals surface area contributed by atoms with E-state index in [9.17, 15) is 4.79 Å². The lowest BCUT2D eigenvalue weighted by Crippen LogP contribution is -2.15. The summed E-state index contributed by atoms with van der Waals surface area (Å²) in [5.74, 6) is 2.14. The minimum atomic E-state index is -0.117. The number of thioether (sulfide) groups is 1. The zero-order chi connectivity index (χ0) is 20.2. The van der Waals surface area contributed by atoms with E-state index in [1.807, 2.05) is 30.3 Å². The number of nitrogens with one attached hydrogen (secondary N) is 1. The van der Waals surface area contributed by atoms with Crippen LogP contribution in [0.5, 0.6) is 11.5 Å². The number of aromatic nitrogens is 2. The Morgan fingerprint density at radius 3 is 2.86 bits per heavy atom. The van der Waals surface area contributed by atoms with Gasteiger partial charge in [-0.15, -0.1) is 10.2 Å². The summed E-state index contributed by atoms with van der Waals surface area (Å²) < 4.78 is 16.3. The maximum absolute atomic E-state index is 12.4. The molecule has 2 aromatic carbocycles. The largest absolute Gasteiger partial charge is 0.454 e. The first-order valence-corrected chi connectivity index (χ1v) is 10.4. The van der Waals surface area contributed by atoms with Crippen LogP contribution in [0.2, 0.25) is 0 Å². The van der Waals surface area contributed by atoms with Gasteiger partial charge in [0.15, 0.2) is 11.5 Å². The predicted octanol–water partition coefficient (Wildman–Crippen LogP) is 4.71. The van der Waals surface area contributed by atoms with Crippen LogP contribution in [-0.4, -0.2) is 28.7 Å². The number of fused-ring (bicyclic) bond motifs is 1. The highest BCUT2D eigenvalue weighted by Crippen LogP contribution is 2.36. The minimum absolute atomic E-state index is 0.117. The average molecular weight is 411 g/mol. The fourth-order valence-electron chi connectivity index (χ4n) is 2.99. The van der Waals surface area contributed by atoms with Gasteiger partial charge in [0.25, 0.3) is 5.22 Å². The molecule has 4 rings (SSSR count). The summed E-state index contributed by atoms with van der Waals surface area (Å²) in [6, 6.07) is 13.3. The lowest BCUT2D eigenvalue weighted by atomic mass is 9.97. The highest BCUT2D eigenvalue weighted by Gasteiger charge is 2.17. The topological polar surface area (TPSA) is 86.5 Å². The van der Waals surface area contributed by atoms with E-state index in [0.717, 1.165) is 23.2 Å². The zero-order valence-electron chi connectivity index (χ0n) is 16.2. The van der Waals surface area contributed by atoms with Crippen molar-refractivity contribution in [3.8, 4) is 23.0 Å². The molecule has 7 nitrogen and oxygen atoms in total. The Labute approximate surface area is 172 Å². The van der Waals surface area contributed by atoms with Crippen molar-refractivity contribution >= 4 is 23.4 Å². The van der Waals surface area contributed by atoms with Crippen LogP contribution in [0.3, 0.4) is 0 Å². The molecule has 0 fully saturated rings. The number of ether oxygens (including phenoxy) is 2. The highest BCUT2D eigenvalue weighted by atomic mass is 32.2. The van der Waals surface area contributed by atoms with Crippen molar-refractivity contribution in [2.45, 2.75) is 31.4 Å². The van der Waals surface area contributed by atoms with E-state index < -0.39 is 0 Å². The molecule has 8 heteroatoms. The fraction of sp³-hybridized carbons (Fsp3) is 0.286. The van der Waals surface area contributed by atoms with Gasteiger partial charge in [-0.25, -0.2) is 0 Å². The quantitative estimate of drug-likeness (QED) is 0.563. The molecule has 1 aliphatic heterocycles. The Morgan fingerprint density at radius 1 is 1.17 bits per heavy atom. The summed E-state index contributed by atoms with van der Waals surface area (Å²) in [6.45, 7) is 4.49. The van der Waals surface area contributed by atoms with Crippen LogP contribution in [0.1, 0.15) is 31.7 Å². The molecular weight excluding hydrogens is 390 g/mol. The Balaban J connectivity index is 1.37. The van der Waals surface area contributed by atoms with E-state index >= 15 is 0 Å². The van der Waals surface area contributed by atoms with Crippen LogP contribution in [0, 0.1) is 0 Å². The molecule has 1 amide bonds. The minimum Gasteiger partial charge on any atom is -0.454 e. The van der Waals surface area contributed by atoms with Gasteiger partial charge in [0.05, 0.1) is 5.75 Å². The smallest absolute Gasteiger partial charge is 0.277 e. The predicted molar refractivity (Wildman–Crippen MR) is 110 cm³/mol. The Hall–Kier alpha value is -3.00. The lowest BCUT2D eigenvalue weighted by Gasteiger charge is -2.15. The molecule has 1 aromatic heterocycles. The monoisotopic (exact) mass is 411 g/mol. The van der Waals surface area contributed by atoms with Crippen LogP contribution >= 0.6 is 11.8 Å². The molecule has 0 saturated carbocycles. The van der Waals surface area contributed by atoms with E-state index in [0.29, 0.717) is 28.5 Å². The van der Waals surface area contributed by atoms with Crippen molar-refractivity contribution in [1.82, 2.24) is 10.2 Å². The number of benzene rings is 2. The van der Waals surface area contributed by atoms with Crippen LogP contribution < -0.4 is 14.8 Å². The van der Waals surface area contributed by atoms with Gasteiger partial charge in [-0.3, -0.25) is 4.79 Å². The highest BCUT2D eigenvalue weighted by molar-refractivity contribution is 7.99. The van der Waals surface area contributed by atoms with Gasteiger partial charge in [0, 0.05) is 11.3 Å².